The molecule has 0 amide bonds. The molecule has 0 unspecified atom stereocenters. The topological polar surface area (TPSA) is 34.9 Å². The molecule has 0 fully saturated rings. The zero-order valence-electron chi connectivity index (χ0n) is 7.88. The van der Waals surface area contributed by atoms with E-state index in [1.165, 1.54) is 0 Å². The Balaban J connectivity index is 2.90. The van der Waals surface area contributed by atoms with Crippen molar-refractivity contribution in [3.63, 3.8) is 0 Å². The molecule has 72 valence electrons. The van der Waals surface area contributed by atoms with E-state index in [9.17, 15) is 9.18 Å². The number of aldehydes is 1. The lowest BCUT2D eigenvalue weighted by Crippen LogP contribution is -2.03. The fraction of sp³-hybridized carbons (Fsp3) is 0.556. The van der Waals surface area contributed by atoms with Gasteiger partial charge in [-0.15, -0.1) is 0 Å². The van der Waals surface area contributed by atoms with E-state index >= 15 is 0 Å². The molecule has 1 aromatic heterocycles. The minimum Gasteiger partial charge on any atom is -0.298 e. The van der Waals surface area contributed by atoms with E-state index in [1.807, 2.05) is 6.92 Å². The van der Waals surface area contributed by atoms with Gasteiger partial charge >= 0.3 is 0 Å². The summed E-state index contributed by atoms with van der Waals surface area (Å²) in [6, 6.07) is 0. The number of nitrogens with zero attached hydrogens (tertiary/aromatic N) is 2. The van der Waals surface area contributed by atoms with Crippen LogP contribution in [-0.2, 0) is 6.54 Å². The second-order valence-corrected chi connectivity index (χ2v) is 2.97. The number of carbonyl (C=O) groups is 1. The number of halogens is 1. The molecule has 0 aliphatic heterocycles. The van der Waals surface area contributed by atoms with Crippen LogP contribution >= 0.6 is 0 Å². The van der Waals surface area contributed by atoms with Crippen molar-refractivity contribution < 1.29 is 9.18 Å². The van der Waals surface area contributed by atoms with Gasteiger partial charge in [0.2, 0.25) is 0 Å². The van der Waals surface area contributed by atoms with Crippen molar-refractivity contribution in [3.05, 3.63) is 17.0 Å². The highest BCUT2D eigenvalue weighted by molar-refractivity contribution is 5.77. The van der Waals surface area contributed by atoms with E-state index in [1.54, 1.807) is 11.6 Å². The van der Waals surface area contributed by atoms with Gasteiger partial charge in [0.15, 0.2) is 6.29 Å². The summed E-state index contributed by atoms with van der Waals surface area (Å²) in [4.78, 5) is 10.6. The van der Waals surface area contributed by atoms with Crippen LogP contribution in [0, 0.1) is 13.8 Å². The smallest absolute Gasteiger partial charge is 0.153 e. The van der Waals surface area contributed by atoms with Crippen LogP contribution < -0.4 is 0 Å². The van der Waals surface area contributed by atoms with E-state index in [0.29, 0.717) is 24.2 Å². The number of aromatic nitrogens is 2. The van der Waals surface area contributed by atoms with Crippen molar-refractivity contribution in [1.29, 1.82) is 0 Å². The third kappa shape index (κ3) is 1.94. The maximum absolute atomic E-state index is 11.9. The monoisotopic (exact) mass is 184 g/mol. The molecule has 0 aromatic carbocycles. The Morgan fingerprint density at radius 3 is 2.69 bits per heavy atom. The Hall–Kier alpha value is -1.19. The Morgan fingerprint density at radius 2 is 2.23 bits per heavy atom. The standard InChI is InChI=1S/C9H13FN2O/c1-7-9(6-13)8(2)12(11-7)5-3-4-10/h6H,3-5H2,1-2H3. The summed E-state index contributed by atoms with van der Waals surface area (Å²) in [5, 5.41) is 4.14. The van der Waals surface area contributed by atoms with E-state index < -0.39 is 0 Å². The third-order valence-corrected chi connectivity index (χ3v) is 2.06. The molecule has 0 aliphatic carbocycles. The summed E-state index contributed by atoms with van der Waals surface area (Å²) in [5.41, 5.74) is 2.16. The minimum absolute atomic E-state index is 0.352. The summed E-state index contributed by atoms with van der Waals surface area (Å²) in [5.74, 6) is 0. The highest BCUT2D eigenvalue weighted by Gasteiger charge is 2.09. The molecule has 0 saturated heterocycles. The first-order valence-electron chi connectivity index (χ1n) is 4.26. The zero-order chi connectivity index (χ0) is 9.84. The molecular formula is C9H13FN2O. The molecule has 0 radical (unpaired) electrons. The first-order chi connectivity index (χ1) is 6.20. The maximum Gasteiger partial charge on any atom is 0.153 e. The first-order valence-corrected chi connectivity index (χ1v) is 4.26. The van der Waals surface area contributed by atoms with E-state index in [0.717, 1.165) is 12.0 Å². The molecule has 0 N–H and O–H groups in total. The van der Waals surface area contributed by atoms with Crippen molar-refractivity contribution in [1.82, 2.24) is 9.78 Å². The SMILES string of the molecule is Cc1nn(CCCF)c(C)c1C=O. The molecule has 13 heavy (non-hydrogen) atoms. The van der Waals surface area contributed by atoms with Gasteiger partial charge in [-0.2, -0.15) is 5.10 Å². The van der Waals surface area contributed by atoms with Crippen molar-refractivity contribution >= 4 is 6.29 Å². The average molecular weight is 184 g/mol. The van der Waals surface area contributed by atoms with Gasteiger partial charge in [-0.3, -0.25) is 13.9 Å². The van der Waals surface area contributed by atoms with E-state index in [2.05, 4.69) is 5.10 Å². The molecule has 0 bridgehead atoms. The Bertz CT molecular complexity index is 307. The van der Waals surface area contributed by atoms with Gasteiger partial charge in [0, 0.05) is 12.2 Å². The number of hydrogen-bond acceptors (Lipinski definition) is 2. The summed E-state index contributed by atoms with van der Waals surface area (Å²) in [7, 11) is 0. The van der Waals surface area contributed by atoms with Crippen LogP contribution in [0.4, 0.5) is 4.39 Å². The predicted octanol–water partition coefficient (Wildman–Crippen LogP) is 1.67. The Kier molecular flexibility index (Phi) is 3.17. The van der Waals surface area contributed by atoms with Crippen LogP contribution in [0.3, 0.4) is 0 Å². The second kappa shape index (κ2) is 4.16. The van der Waals surface area contributed by atoms with Crippen LogP contribution in [0.5, 0.6) is 0 Å². The molecular weight excluding hydrogens is 171 g/mol. The molecule has 0 atom stereocenters. The zero-order valence-corrected chi connectivity index (χ0v) is 7.88. The number of alkyl halides is 1. The summed E-state index contributed by atoms with van der Waals surface area (Å²) < 4.78 is 13.6. The van der Waals surface area contributed by atoms with Gasteiger partial charge in [-0.1, -0.05) is 0 Å². The number of aryl methyl sites for hydroxylation is 2. The molecule has 1 rings (SSSR count). The Morgan fingerprint density at radius 1 is 1.54 bits per heavy atom. The molecule has 0 spiro atoms. The largest absolute Gasteiger partial charge is 0.298 e. The maximum atomic E-state index is 11.9. The van der Waals surface area contributed by atoms with Crippen LogP contribution in [-0.4, -0.2) is 22.7 Å². The highest BCUT2D eigenvalue weighted by atomic mass is 19.1. The fourth-order valence-corrected chi connectivity index (χ4v) is 1.31. The molecule has 1 heterocycles. The van der Waals surface area contributed by atoms with Gasteiger partial charge in [0.05, 0.1) is 17.9 Å². The lowest BCUT2D eigenvalue weighted by atomic mass is 10.2. The first kappa shape index (κ1) is 9.89. The van der Waals surface area contributed by atoms with Crippen molar-refractivity contribution in [2.24, 2.45) is 0 Å². The lowest BCUT2D eigenvalue weighted by molar-refractivity contribution is 0.112. The number of rotatable bonds is 4. The number of carbonyl (C=O) groups excluding carboxylic acids is 1. The summed E-state index contributed by atoms with van der Waals surface area (Å²) >= 11 is 0. The third-order valence-electron chi connectivity index (χ3n) is 2.06. The second-order valence-electron chi connectivity index (χ2n) is 2.97. The molecule has 0 saturated carbocycles. The molecule has 3 nitrogen and oxygen atoms in total. The molecule has 1 aromatic rings. The molecule has 0 aliphatic rings. The summed E-state index contributed by atoms with van der Waals surface area (Å²) in [6.07, 6.45) is 1.24. The van der Waals surface area contributed by atoms with Crippen LogP contribution in [0.1, 0.15) is 28.2 Å². The van der Waals surface area contributed by atoms with Gasteiger partial charge in [-0.25, -0.2) is 0 Å². The van der Waals surface area contributed by atoms with Crippen LogP contribution in [0.2, 0.25) is 0 Å². The highest BCUT2D eigenvalue weighted by Crippen LogP contribution is 2.10. The van der Waals surface area contributed by atoms with Gasteiger partial charge in [0.1, 0.15) is 0 Å². The number of hydrogen-bond donors (Lipinski definition) is 0. The minimum atomic E-state index is -0.352. The summed E-state index contributed by atoms with van der Waals surface area (Å²) in [6.45, 7) is 3.79. The molecule has 4 heteroatoms. The Labute approximate surface area is 76.6 Å². The fourth-order valence-electron chi connectivity index (χ4n) is 1.31. The van der Waals surface area contributed by atoms with Crippen molar-refractivity contribution in [2.45, 2.75) is 26.8 Å². The van der Waals surface area contributed by atoms with Crippen LogP contribution in [0.25, 0.3) is 0 Å². The normalized spacial score (nSPS) is 10.4. The van der Waals surface area contributed by atoms with Crippen LogP contribution in [0.15, 0.2) is 0 Å². The van der Waals surface area contributed by atoms with Crippen molar-refractivity contribution in [3.8, 4) is 0 Å². The predicted molar refractivity (Wildman–Crippen MR) is 47.7 cm³/mol. The van der Waals surface area contributed by atoms with E-state index in [-0.39, 0.29) is 6.67 Å². The van der Waals surface area contributed by atoms with Gasteiger partial charge in [-0.05, 0) is 20.3 Å². The van der Waals surface area contributed by atoms with E-state index in [4.69, 9.17) is 0 Å². The average Bonchev–Trinajstić information content (AvgIpc) is 2.38. The van der Waals surface area contributed by atoms with Gasteiger partial charge in [0.25, 0.3) is 0 Å². The van der Waals surface area contributed by atoms with Gasteiger partial charge < -0.3 is 0 Å². The van der Waals surface area contributed by atoms with Crippen molar-refractivity contribution in [2.75, 3.05) is 6.67 Å². The lowest BCUT2D eigenvalue weighted by Gasteiger charge is -2.00. The quantitative estimate of drug-likeness (QED) is 0.667.